The molecule has 1 amide bonds. The molecule has 1 aromatic rings. The Balaban J connectivity index is 3.27. The number of hydrogen-bond donors (Lipinski definition) is 2. The molecule has 0 saturated carbocycles. The highest BCUT2D eigenvalue weighted by atomic mass is 32.2. The fourth-order valence-electron chi connectivity index (χ4n) is 1.36. The second-order valence-corrected chi connectivity index (χ2v) is 6.58. The first-order chi connectivity index (χ1) is 9.08. The molecule has 0 unspecified atom stereocenters. The summed E-state index contributed by atoms with van der Waals surface area (Å²) >= 11 is 0. The standard InChI is InChI=1S/C12H15NO6S/c1-12(2,3)19-11(16)8-5-4-6-9(10(8)15)20(17,18)13-7-14/h4-7,15H,1-3H3,(H,13,14). The van der Waals surface area contributed by atoms with Gasteiger partial charge in [0.05, 0.1) is 0 Å². The lowest BCUT2D eigenvalue weighted by Crippen LogP contribution is -2.25. The third kappa shape index (κ3) is 3.70. The van der Waals surface area contributed by atoms with Crippen LogP contribution in [-0.2, 0) is 19.6 Å². The predicted molar refractivity (Wildman–Crippen MR) is 69.7 cm³/mol. The van der Waals surface area contributed by atoms with Crippen LogP contribution in [0.5, 0.6) is 5.75 Å². The van der Waals surface area contributed by atoms with E-state index in [-0.39, 0.29) is 12.0 Å². The summed E-state index contributed by atoms with van der Waals surface area (Å²) in [5.41, 5.74) is -1.09. The zero-order chi connectivity index (χ0) is 15.6. The minimum absolute atomic E-state index is 0.0328. The van der Waals surface area contributed by atoms with Crippen molar-refractivity contribution in [2.24, 2.45) is 0 Å². The molecule has 7 nitrogen and oxygen atoms in total. The first-order valence-electron chi connectivity index (χ1n) is 5.60. The van der Waals surface area contributed by atoms with Gasteiger partial charge in [-0.25, -0.2) is 13.2 Å². The van der Waals surface area contributed by atoms with Crippen LogP contribution in [0.1, 0.15) is 31.1 Å². The van der Waals surface area contributed by atoms with E-state index in [1.807, 2.05) is 0 Å². The Hall–Kier alpha value is -2.09. The largest absolute Gasteiger partial charge is 0.506 e. The molecule has 1 rings (SSSR count). The summed E-state index contributed by atoms with van der Waals surface area (Å²) in [6, 6.07) is 3.55. The molecule has 0 spiro atoms. The number of hydrogen-bond acceptors (Lipinski definition) is 6. The van der Waals surface area contributed by atoms with Gasteiger partial charge in [-0.15, -0.1) is 0 Å². The van der Waals surface area contributed by atoms with E-state index in [9.17, 15) is 23.1 Å². The van der Waals surface area contributed by atoms with E-state index in [1.54, 1.807) is 25.5 Å². The number of para-hydroxylation sites is 1. The first-order valence-corrected chi connectivity index (χ1v) is 7.08. The molecule has 0 heterocycles. The predicted octanol–water partition coefficient (Wildman–Crippen LogP) is 0.782. The number of phenolic OH excluding ortho intramolecular Hbond substituents is 1. The summed E-state index contributed by atoms with van der Waals surface area (Å²) in [4.78, 5) is 21.5. The van der Waals surface area contributed by atoms with Crippen LogP contribution >= 0.6 is 0 Å². The lowest BCUT2D eigenvalue weighted by atomic mass is 10.1. The number of phenols is 1. The zero-order valence-corrected chi connectivity index (χ0v) is 12.0. The van der Waals surface area contributed by atoms with Gasteiger partial charge in [0.15, 0.2) is 5.75 Å². The zero-order valence-electron chi connectivity index (χ0n) is 11.2. The number of carbonyl (C=O) groups excluding carboxylic acids is 2. The van der Waals surface area contributed by atoms with Gasteiger partial charge in [0.2, 0.25) is 6.41 Å². The lowest BCUT2D eigenvalue weighted by Gasteiger charge is -2.20. The van der Waals surface area contributed by atoms with Crippen molar-refractivity contribution in [1.82, 2.24) is 4.72 Å². The van der Waals surface area contributed by atoms with Crippen molar-refractivity contribution in [3.05, 3.63) is 23.8 Å². The second-order valence-electron chi connectivity index (χ2n) is 4.89. The van der Waals surface area contributed by atoms with E-state index < -0.39 is 32.2 Å². The topological polar surface area (TPSA) is 110 Å². The van der Waals surface area contributed by atoms with E-state index in [0.29, 0.717) is 0 Å². The highest BCUT2D eigenvalue weighted by Crippen LogP contribution is 2.28. The van der Waals surface area contributed by atoms with Gasteiger partial charge in [0.1, 0.15) is 16.1 Å². The van der Waals surface area contributed by atoms with Gasteiger partial charge in [-0.3, -0.25) is 9.52 Å². The third-order valence-electron chi connectivity index (χ3n) is 2.11. The Labute approximate surface area is 116 Å². The Bertz CT molecular complexity index is 630. The van der Waals surface area contributed by atoms with Crippen LogP contribution < -0.4 is 4.72 Å². The summed E-state index contributed by atoms with van der Waals surface area (Å²) in [6.45, 7) is 4.91. The molecule has 0 radical (unpaired) electrons. The quantitative estimate of drug-likeness (QED) is 0.628. The maximum atomic E-state index is 11.9. The second kappa shape index (κ2) is 5.49. The minimum atomic E-state index is -4.22. The van der Waals surface area contributed by atoms with E-state index in [2.05, 4.69) is 0 Å². The van der Waals surface area contributed by atoms with Crippen molar-refractivity contribution in [1.29, 1.82) is 0 Å². The summed E-state index contributed by atoms with van der Waals surface area (Å²) in [7, 11) is -4.22. The average molecular weight is 301 g/mol. The van der Waals surface area contributed by atoms with Crippen molar-refractivity contribution in [2.75, 3.05) is 0 Å². The number of sulfonamides is 1. The van der Waals surface area contributed by atoms with Crippen molar-refractivity contribution in [3.8, 4) is 5.75 Å². The Morgan fingerprint density at radius 1 is 1.35 bits per heavy atom. The van der Waals surface area contributed by atoms with Crippen LogP contribution in [0.4, 0.5) is 0 Å². The molecule has 0 fully saturated rings. The van der Waals surface area contributed by atoms with Crippen LogP contribution in [-0.4, -0.2) is 31.5 Å². The van der Waals surface area contributed by atoms with Gasteiger partial charge in [0.25, 0.3) is 10.0 Å². The third-order valence-corrected chi connectivity index (χ3v) is 3.43. The van der Waals surface area contributed by atoms with Gasteiger partial charge in [-0.05, 0) is 32.9 Å². The smallest absolute Gasteiger partial charge is 0.342 e. The Kier molecular flexibility index (Phi) is 4.39. The summed E-state index contributed by atoms with van der Waals surface area (Å²) in [5, 5.41) is 9.88. The molecule has 20 heavy (non-hydrogen) atoms. The van der Waals surface area contributed by atoms with Gasteiger partial charge in [-0.2, -0.15) is 0 Å². The number of nitrogens with one attached hydrogen (secondary N) is 1. The average Bonchev–Trinajstić information content (AvgIpc) is 2.26. The summed E-state index contributed by atoms with van der Waals surface area (Å²) in [6.07, 6.45) is -0.0328. The van der Waals surface area contributed by atoms with Gasteiger partial charge in [-0.1, -0.05) is 6.07 Å². The van der Waals surface area contributed by atoms with Crippen molar-refractivity contribution >= 4 is 22.4 Å². The van der Waals surface area contributed by atoms with Crippen LogP contribution in [0.3, 0.4) is 0 Å². The number of aromatic hydroxyl groups is 1. The molecule has 0 aromatic heterocycles. The van der Waals surface area contributed by atoms with E-state index in [1.165, 1.54) is 12.1 Å². The number of ether oxygens (including phenoxy) is 1. The van der Waals surface area contributed by atoms with Gasteiger partial charge >= 0.3 is 5.97 Å². The molecular formula is C12H15NO6S. The molecule has 8 heteroatoms. The molecular weight excluding hydrogens is 286 g/mol. The highest BCUT2D eigenvalue weighted by molar-refractivity contribution is 7.90. The molecule has 2 N–H and O–H groups in total. The first kappa shape index (κ1) is 16.0. The lowest BCUT2D eigenvalue weighted by molar-refractivity contribution is -0.108. The van der Waals surface area contributed by atoms with Crippen LogP contribution in [0.15, 0.2) is 23.1 Å². The van der Waals surface area contributed by atoms with E-state index in [0.717, 1.165) is 6.07 Å². The normalized spacial score (nSPS) is 11.8. The van der Waals surface area contributed by atoms with E-state index >= 15 is 0 Å². The molecule has 0 atom stereocenters. The van der Waals surface area contributed by atoms with Crippen LogP contribution in [0.2, 0.25) is 0 Å². The van der Waals surface area contributed by atoms with Crippen molar-refractivity contribution < 1.29 is 27.9 Å². The molecule has 1 aromatic carbocycles. The summed E-state index contributed by atoms with van der Waals surface area (Å²) in [5.74, 6) is -1.63. The highest BCUT2D eigenvalue weighted by Gasteiger charge is 2.25. The monoisotopic (exact) mass is 301 g/mol. The number of benzene rings is 1. The van der Waals surface area contributed by atoms with E-state index in [4.69, 9.17) is 4.74 Å². The molecule has 0 aliphatic carbocycles. The summed E-state index contributed by atoms with van der Waals surface area (Å²) < 4.78 is 29.9. The van der Waals surface area contributed by atoms with Crippen molar-refractivity contribution in [3.63, 3.8) is 0 Å². The molecule has 0 aliphatic rings. The number of esters is 1. The maximum absolute atomic E-state index is 11.9. The number of rotatable bonds is 4. The SMILES string of the molecule is CC(C)(C)OC(=O)c1cccc(S(=O)(=O)NC=O)c1O. The fourth-order valence-corrected chi connectivity index (χ4v) is 2.24. The minimum Gasteiger partial charge on any atom is -0.506 e. The van der Waals surface area contributed by atoms with Gasteiger partial charge in [0, 0.05) is 0 Å². The molecule has 0 bridgehead atoms. The molecule has 110 valence electrons. The molecule has 0 saturated heterocycles. The Morgan fingerprint density at radius 3 is 2.45 bits per heavy atom. The molecule has 0 aliphatic heterocycles. The maximum Gasteiger partial charge on any atom is 0.342 e. The number of amides is 1. The Morgan fingerprint density at radius 2 is 1.95 bits per heavy atom. The van der Waals surface area contributed by atoms with Crippen LogP contribution in [0.25, 0.3) is 0 Å². The van der Waals surface area contributed by atoms with Crippen LogP contribution in [0, 0.1) is 0 Å². The van der Waals surface area contributed by atoms with Gasteiger partial charge < -0.3 is 9.84 Å². The fraction of sp³-hybridized carbons (Fsp3) is 0.333. The number of carbonyl (C=O) groups is 2. The van der Waals surface area contributed by atoms with Crippen molar-refractivity contribution in [2.45, 2.75) is 31.3 Å².